The van der Waals surface area contributed by atoms with Gasteiger partial charge in [-0.05, 0) is 13.5 Å². The quantitative estimate of drug-likeness (QED) is 0.569. The number of hydrogen-bond acceptors (Lipinski definition) is 2. The molecular weight excluding hydrogens is 258 g/mol. The minimum Gasteiger partial charge on any atom is -0.306 e. The first kappa shape index (κ1) is 13.8. The molecule has 1 heterocycles. The number of halogens is 2. The Morgan fingerprint density at radius 1 is 1.40 bits per heavy atom. The van der Waals surface area contributed by atoms with Gasteiger partial charge >= 0.3 is 7.67 Å². The zero-order valence-electron chi connectivity index (χ0n) is 8.86. The standard InChI is InChI=1S/C8H17Cl2N2O2P/c1-11-5-2-8-14-15(11,13)12(6-3-9)7-4-10/h2-8H2,1H3. The van der Waals surface area contributed by atoms with E-state index in [-0.39, 0.29) is 0 Å². The molecule has 0 aromatic carbocycles. The number of nitrogens with zero attached hydrogens (tertiary/aromatic N) is 2. The molecule has 0 bridgehead atoms. The fraction of sp³-hybridized carbons (Fsp3) is 1.00. The number of hydrogen-bond donors (Lipinski definition) is 0. The molecule has 90 valence electrons. The highest BCUT2D eigenvalue weighted by atomic mass is 35.5. The first-order valence-electron chi connectivity index (χ1n) is 4.98. The summed E-state index contributed by atoms with van der Waals surface area (Å²) in [6, 6.07) is 0. The molecule has 15 heavy (non-hydrogen) atoms. The Morgan fingerprint density at radius 2 is 2.00 bits per heavy atom. The summed E-state index contributed by atoms with van der Waals surface area (Å²) in [5, 5.41) is 0. The highest BCUT2D eigenvalue weighted by Crippen LogP contribution is 2.55. The second-order valence-electron chi connectivity index (χ2n) is 3.39. The van der Waals surface area contributed by atoms with Crippen LogP contribution >= 0.6 is 30.9 Å². The molecular formula is C8H17Cl2N2O2P. The Bertz CT molecular complexity index is 237. The number of rotatable bonds is 5. The molecule has 1 unspecified atom stereocenters. The predicted molar refractivity (Wildman–Crippen MR) is 63.8 cm³/mol. The van der Waals surface area contributed by atoms with Crippen LogP contribution in [-0.4, -0.2) is 54.4 Å². The summed E-state index contributed by atoms with van der Waals surface area (Å²) in [5.74, 6) is 0.857. The van der Waals surface area contributed by atoms with Gasteiger partial charge in [-0.2, -0.15) is 0 Å². The molecule has 0 radical (unpaired) electrons. The summed E-state index contributed by atoms with van der Waals surface area (Å²) >= 11 is 11.4. The molecule has 0 aliphatic carbocycles. The average Bonchev–Trinajstić information content (AvgIpc) is 2.22. The van der Waals surface area contributed by atoms with Gasteiger partial charge in [0.2, 0.25) is 0 Å². The molecule has 0 aromatic heterocycles. The summed E-state index contributed by atoms with van der Waals surface area (Å²) in [4.78, 5) is 0. The van der Waals surface area contributed by atoms with Crippen molar-refractivity contribution in [1.82, 2.24) is 9.34 Å². The van der Waals surface area contributed by atoms with E-state index < -0.39 is 7.67 Å². The van der Waals surface area contributed by atoms with Gasteiger partial charge in [-0.25, -0.2) is 9.34 Å². The molecule has 1 aliphatic heterocycles. The smallest absolute Gasteiger partial charge is 0.306 e. The highest BCUT2D eigenvalue weighted by Gasteiger charge is 2.38. The first-order valence-corrected chi connectivity index (χ1v) is 7.58. The molecule has 1 atom stereocenters. The fourth-order valence-electron chi connectivity index (χ4n) is 1.56. The lowest BCUT2D eigenvalue weighted by Gasteiger charge is -2.38. The van der Waals surface area contributed by atoms with Crippen molar-refractivity contribution in [2.75, 3.05) is 45.0 Å². The normalized spacial score (nSPS) is 28.5. The van der Waals surface area contributed by atoms with Crippen LogP contribution in [-0.2, 0) is 9.09 Å². The van der Waals surface area contributed by atoms with E-state index in [0.29, 0.717) is 31.5 Å². The van der Waals surface area contributed by atoms with E-state index in [1.807, 2.05) is 7.05 Å². The van der Waals surface area contributed by atoms with Crippen molar-refractivity contribution in [3.05, 3.63) is 0 Å². The molecule has 7 heteroatoms. The summed E-state index contributed by atoms with van der Waals surface area (Å²) in [5.41, 5.74) is 0. The predicted octanol–water partition coefficient (Wildman–Crippen LogP) is 2.23. The van der Waals surface area contributed by atoms with Gasteiger partial charge in [-0.1, -0.05) is 0 Å². The third-order valence-electron chi connectivity index (χ3n) is 2.36. The van der Waals surface area contributed by atoms with E-state index >= 15 is 0 Å². The van der Waals surface area contributed by atoms with Crippen LogP contribution < -0.4 is 0 Å². The Hall–Kier alpha value is 0.690. The largest absolute Gasteiger partial charge is 0.345 e. The van der Waals surface area contributed by atoms with E-state index in [4.69, 9.17) is 27.7 Å². The van der Waals surface area contributed by atoms with Crippen molar-refractivity contribution in [1.29, 1.82) is 0 Å². The third kappa shape index (κ3) is 3.32. The fourth-order valence-corrected chi connectivity index (χ4v) is 4.46. The molecule has 1 saturated heterocycles. The zero-order chi connectivity index (χ0) is 11.3. The van der Waals surface area contributed by atoms with Gasteiger partial charge in [-0.3, -0.25) is 4.57 Å². The minimum atomic E-state index is -2.85. The van der Waals surface area contributed by atoms with Crippen molar-refractivity contribution >= 4 is 30.9 Å². The molecule has 0 aromatic rings. The summed E-state index contributed by atoms with van der Waals surface area (Å²) < 4.78 is 21.5. The lowest BCUT2D eigenvalue weighted by molar-refractivity contribution is 0.181. The van der Waals surface area contributed by atoms with Gasteiger partial charge in [0.25, 0.3) is 0 Å². The second-order valence-corrected chi connectivity index (χ2v) is 6.63. The van der Waals surface area contributed by atoms with Crippen LogP contribution in [0.25, 0.3) is 0 Å². The first-order chi connectivity index (χ1) is 7.15. The van der Waals surface area contributed by atoms with Crippen molar-refractivity contribution in [3.63, 3.8) is 0 Å². The molecule has 0 saturated carbocycles. The SMILES string of the molecule is CN1CCCOP1(=O)N(CCCl)CCCl. The summed E-state index contributed by atoms with van der Waals surface area (Å²) in [6.45, 7) is 2.41. The van der Waals surface area contributed by atoms with Crippen molar-refractivity contribution in [3.8, 4) is 0 Å². The number of alkyl halides is 2. The Kier molecular flexibility index (Phi) is 5.90. The maximum atomic E-state index is 12.6. The lowest BCUT2D eigenvalue weighted by Crippen LogP contribution is -2.37. The van der Waals surface area contributed by atoms with Gasteiger partial charge in [0.15, 0.2) is 0 Å². The molecule has 4 nitrogen and oxygen atoms in total. The van der Waals surface area contributed by atoms with E-state index in [2.05, 4.69) is 0 Å². The Balaban J connectivity index is 2.73. The van der Waals surface area contributed by atoms with Gasteiger partial charge in [0.1, 0.15) is 0 Å². The van der Waals surface area contributed by atoms with Gasteiger partial charge in [-0.15, -0.1) is 23.2 Å². The van der Waals surface area contributed by atoms with Crippen molar-refractivity contribution < 1.29 is 9.09 Å². The van der Waals surface area contributed by atoms with Crippen LogP contribution in [0.2, 0.25) is 0 Å². The minimum absolute atomic E-state index is 0.429. The van der Waals surface area contributed by atoms with E-state index in [9.17, 15) is 4.57 Å². The van der Waals surface area contributed by atoms with Crippen LogP contribution in [0, 0.1) is 0 Å². The van der Waals surface area contributed by atoms with Crippen LogP contribution in [0.3, 0.4) is 0 Å². The molecule has 0 spiro atoms. The topological polar surface area (TPSA) is 32.8 Å². The molecule has 1 aliphatic rings. The zero-order valence-corrected chi connectivity index (χ0v) is 11.3. The van der Waals surface area contributed by atoms with Crippen molar-refractivity contribution in [2.24, 2.45) is 0 Å². The van der Waals surface area contributed by atoms with Gasteiger partial charge < -0.3 is 4.52 Å². The van der Waals surface area contributed by atoms with Crippen LogP contribution in [0.4, 0.5) is 0 Å². The van der Waals surface area contributed by atoms with Crippen LogP contribution in [0.5, 0.6) is 0 Å². The third-order valence-corrected chi connectivity index (χ3v) is 5.39. The Labute approximate surface area is 101 Å². The van der Waals surface area contributed by atoms with E-state index in [1.54, 1.807) is 9.34 Å². The Morgan fingerprint density at radius 3 is 2.47 bits per heavy atom. The molecule has 0 N–H and O–H groups in total. The van der Waals surface area contributed by atoms with Gasteiger partial charge in [0, 0.05) is 31.4 Å². The highest BCUT2D eigenvalue weighted by molar-refractivity contribution is 7.54. The summed E-state index contributed by atoms with van der Waals surface area (Å²) in [6.07, 6.45) is 0.913. The monoisotopic (exact) mass is 274 g/mol. The second kappa shape index (κ2) is 6.43. The average molecular weight is 275 g/mol. The van der Waals surface area contributed by atoms with E-state index in [1.165, 1.54) is 0 Å². The van der Waals surface area contributed by atoms with E-state index in [0.717, 1.165) is 13.0 Å². The maximum absolute atomic E-state index is 12.6. The molecule has 0 amide bonds. The molecule has 1 fully saturated rings. The van der Waals surface area contributed by atoms with Crippen molar-refractivity contribution in [2.45, 2.75) is 6.42 Å². The lowest BCUT2D eigenvalue weighted by atomic mass is 10.5. The van der Waals surface area contributed by atoms with Gasteiger partial charge in [0.05, 0.1) is 6.61 Å². The van der Waals surface area contributed by atoms with Crippen LogP contribution in [0.1, 0.15) is 6.42 Å². The summed E-state index contributed by atoms with van der Waals surface area (Å²) in [7, 11) is -1.04. The maximum Gasteiger partial charge on any atom is 0.345 e. The van der Waals surface area contributed by atoms with Crippen LogP contribution in [0.15, 0.2) is 0 Å². The molecule has 1 rings (SSSR count).